The summed E-state index contributed by atoms with van der Waals surface area (Å²) in [6, 6.07) is 15.1. The number of hydrogen-bond acceptors (Lipinski definition) is 7. The standard InChI is InChI=1S/C24H28N2O7S/c1-32-23(28)20(14-16-34(30,31)19-11-6-3-7-12-19)25-22(27)21-13-8-15-26(21)24(29)33-17-18-9-4-2-5-10-18/h2-7,9-12,20-21H,8,13-17H2,1H3,(H,25,27)/t20-,21-/m1/s1. The van der Waals surface area contributed by atoms with Crippen molar-refractivity contribution in [2.75, 3.05) is 19.4 Å². The van der Waals surface area contributed by atoms with E-state index >= 15 is 0 Å². The number of nitrogens with zero attached hydrogens (tertiary/aromatic N) is 1. The van der Waals surface area contributed by atoms with Crippen LogP contribution in [0.4, 0.5) is 4.79 Å². The van der Waals surface area contributed by atoms with Crippen LogP contribution >= 0.6 is 0 Å². The molecule has 2 atom stereocenters. The quantitative estimate of drug-likeness (QED) is 0.538. The van der Waals surface area contributed by atoms with Crippen molar-refractivity contribution in [2.24, 2.45) is 0 Å². The molecule has 1 aliphatic heterocycles. The van der Waals surface area contributed by atoms with Crippen LogP contribution in [0.5, 0.6) is 0 Å². The van der Waals surface area contributed by atoms with E-state index in [-0.39, 0.29) is 23.7 Å². The zero-order valence-electron chi connectivity index (χ0n) is 18.9. The molecule has 2 aromatic rings. The van der Waals surface area contributed by atoms with Gasteiger partial charge in [-0.1, -0.05) is 48.5 Å². The second-order valence-corrected chi connectivity index (χ2v) is 10.0. The number of esters is 1. The van der Waals surface area contributed by atoms with Crippen molar-refractivity contribution in [1.82, 2.24) is 10.2 Å². The minimum atomic E-state index is -3.65. The Morgan fingerprint density at radius 1 is 1.06 bits per heavy atom. The Morgan fingerprint density at radius 3 is 2.35 bits per heavy atom. The first-order chi connectivity index (χ1) is 16.3. The van der Waals surface area contributed by atoms with Gasteiger partial charge in [0.2, 0.25) is 5.91 Å². The molecule has 2 amide bonds. The van der Waals surface area contributed by atoms with Gasteiger partial charge in [0.15, 0.2) is 9.84 Å². The molecule has 10 heteroatoms. The summed E-state index contributed by atoms with van der Waals surface area (Å²) in [6.45, 7) is 0.420. The van der Waals surface area contributed by atoms with Crippen LogP contribution in [0, 0.1) is 0 Å². The second-order valence-electron chi connectivity index (χ2n) is 7.90. The van der Waals surface area contributed by atoms with Gasteiger partial charge in [0, 0.05) is 6.54 Å². The number of methoxy groups -OCH3 is 1. The highest BCUT2D eigenvalue weighted by Gasteiger charge is 2.37. The molecule has 1 fully saturated rings. The number of carbonyl (C=O) groups is 3. The number of carbonyl (C=O) groups excluding carboxylic acids is 3. The molecule has 9 nitrogen and oxygen atoms in total. The van der Waals surface area contributed by atoms with Gasteiger partial charge in [0.1, 0.15) is 18.7 Å². The van der Waals surface area contributed by atoms with Crippen LogP contribution in [0.3, 0.4) is 0 Å². The fraction of sp³-hybridized carbons (Fsp3) is 0.375. The van der Waals surface area contributed by atoms with Crippen molar-refractivity contribution < 1.29 is 32.3 Å². The van der Waals surface area contributed by atoms with E-state index in [1.165, 1.54) is 17.0 Å². The lowest BCUT2D eigenvalue weighted by Gasteiger charge is -2.25. The van der Waals surface area contributed by atoms with E-state index in [1.807, 2.05) is 30.3 Å². The lowest BCUT2D eigenvalue weighted by molar-refractivity contribution is -0.145. The van der Waals surface area contributed by atoms with E-state index in [1.54, 1.807) is 18.2 Å². The fourth-order valence-corrected chi connectivity index (χ4v) is 5.09. The number of amides is 2. The van der Waals surface area contributed by atoms with Crippen molar-refractivity contribution in [1.29, 1.82) is 0 Å². The van der Waals surface area contributed by atoms with E-state index in [0.717, 1.165) is 12.7 Å². The minimum Gasteiger partial charge on any atom is -0.467 e. The highest BCUT2D eigenvalue weighted by Crippen LogP contribution is 2.20. The molecule has 0 bridgehead atoms. The Bertz CT molecular complexity index is 1090. The number of benzene rings is 2. The van der Waals surface area contributed by atoms with E-state index in [4.69, 9.17) is 9.47 Å². The van der Waals surface area contributed by atoms with E-state index < -0.39 is 39.9 Å². The van der Waals surface area contributed by atoms with E-state index in [2.05, 4.69) is 5.32 Å². The summed E-state index contributed by atoms with van der Waals surface area (Å²) >= 11 is 0. The normalized spacial score (nSPS) is 16.5. The van der Waals surface area contributed by atoms with Crippen LogP contribution < -0.4 is 5.32 Å². The second kappa shape index (κ2) is 11.6. The van der Waals surface area contributed by atoms with Crippen LogP contribution in [0.2, 0.25) is 0 Å². The van der Waals surface area contributed by atoms with Crippen molar-refractivity contribution >= 4 is 27.8 Å². The van der Waals surface area contributed by atoms with Crippen LogP contribution in [-0.4, -0.2) is 62.8 Å². The van der Waals surface area contributed by atoms with Gasteiger partial charge in [-0.15, -0.1) is 0 Å². The van der Waals surface area contributed by atoms with Gasteiger partial charge in [0.25, 0.3) is 0 Å². The SMILES string of the molecule is COC(=O)[C@@H](CCS(=O)(=O)c1ccccc1)NC(=O)[C@H]1CCCN1C(=O)OCc1ccccc1. The van der Waals surface area contributed by atoms with Gasteiger partial charge < -0.3 is 14.8 Å². The molecule has 0 spiro atoms. The average molecular weight is 489 g/mol. The van der Waals surface area contributed by atoms with Gasteiger partial charge in [-0.2, -0.15) is 0 Å². The number of hydrogen-bond donors (Lipinski definition) is 1. The molecule has 1 N–H and O–H groups in total. The number of ether oxygens (including phenoxy) is 2. The van der Waals surface area contributed by atoms with Crippen molar-refractivity contribution in [2.45, 2.75) is 42.8 Å². The van der Waals surface area contributed by atoms with Crippen molar-refractivity contribution in [3.05, 3.63) is 66.2 Å². The van der Waals surface area contributed by atoms with Crippen LogP contribution in [-0.2, 0) is 35.5 Å². The highest BCUT2D eigenvalue weighted by molar-refractivity contribution is 7.91. The zero-order chi connectivity index (χ0) is 24.6. The molecular weight excluding hydrogens is 460 g/mol. The summed E-state index contributed by atoms with van der Waals surface area (Å²) in [5.41, 5.74) is 0.821. The predicted octanol–water partition coefficient (Wildman–Crippen LogP) is 2.31. The smallest absolute Gasteiger partial charge is 0.410 e. The van der Waals surface area contributed by atoms with E-state index in [9.17, 15) is 22.8 Å². The van der Waals surface area contributed by atoms with Gasteiger partial charge in [-0.3, -0.25) is 9.69 Å². The Hall–Kier alpha value is -3.40. The Morgan fingerprint density at radius 2 is 1.71 bits per heavy atom. The van der Waals surface area contributed by atoms with Crippen molar-refractivity contribution in [3.63, 3.8) is 0 Å². The molecule has 1 heterocycles. The maximum atomic E-state index is 12.9. The first-order valence-corrected chi connectivity index (χ1v) is 12.6. The van der Waals surface area contributed by atoms with Gasteiger partial charge in [-0.25, -0.2) is 18.0 Å². The summed E-state index contributed by atoms with van der Waals surface area (Å²) in [5.74, 6) is -1.67. The average Bonchev–Trinajstić information content (AvgIpc) is 3.36. The lowest BCUT2D eigenvalue weighted by atomic mass is 10.1. The Labute approximate surface area is 199 Å². The largest absolute Gasteiger partial charge is 0.467 e. The molecule has 0 unspecified atom stereocenters. The molecule has 1 saturated heterocycles. The summed E-state index contributed by atoms with van der Waals surface area (Å²) in [6.07, 6.45) is 0.218. The third kappa shape index (κ3) is 6.57. The molecule has 34 heavy (non-hydrogen) atoms. The topological polar surface area (TPSA) is 119 Å². The summed E-state index contributed by atoms with van der Waals surface area (Å²) < 4.78 is 35.3. The zero-order valence-corrected chi connectivity index (χ0v) is 19.7. The molecule has 0 aromatic heterocycles. The molecular formula is C24H28N2O7S. The summed E-state index contributed by atoms with van der Waals surface area (Å²) in [4.78, 5) is 39.2. The number of likely N-dealkylation sites (tertiary alicyclic amines) is 1. The molecule has 3 rings (SSSR count). The molecule has 182 valence electrons. The maximum Gasteiger partial charge on any atom is 0.410 e. The molecule has 0 saturated carbocycles. The Balaban J connectivity index is 1.61. The molecule has 1 aliphatic rings. The predicted molar refractivity (Wildman–Crippen MR) is 123 cm³/mol. The number of rotatable bonds is 9. The van der Waals surface area contributed by atoms with Crippen molar-refractivity contribution in [3.8, 4) is 0 Å². The first kappa shape index (κ1) is 25.2. The molecule has 2 aromatic carbocycles. The third-order valence-electron chi connectivity index (χ3n) is 5.57. The van der Waals surface area contributed by atoms with Crippen LogP contribution in [0.15, 0.2) is 65.6 Å². The fourth-order valence-electron chi connectivity index (χ4n) is 3.74. The Kier molecular flexibility index (Phi) is 8.64. The van der Waals surface area contributed by atoms with Crippen LogP contribution in [0.25, 0.3) is 0 Å². The van der Waals surface area contributed by atoms with Gasteiger partial charge in [-0.05, 0) is 37.0 Å². The monoisotopic (exact) mass is 488 g/mol. The minimum absolute atomic E-state index is 0.0760. The maximum absolute atomic E-state index is 12.9. The summed E-state index contributed by atoms with van der Waals surface area (Å²) in [5, 5.41) is 2.56. The lowest BCUT2D eigenvalue weighted by Crippen LogP contribution is -2.51. The van der Waals surface area contributed by atoms with Gasteiger partial charge in [0.05, 0.1) is 17.8 Å². The van der Waals surface area contributed by atoms with E-state index in [0.29, 0.717) is 19.4 Å². The highest BCUT2D eigenvalue weighted by atomic mass is 32.2. The number of sulfone groups is 1. The molecule has 0 aliphatic carbocycles. The van der Waals surface area contributed by atoms with Gasteiger partial charge >= 0.3 is 12.1 Å². The summed E-state index contributed by atoms with van der Waals surface area (Å²) in [7, 11) is -2.49. The first-order valence-electron chi connectivity index (χ1n) is 10.9. The third-order valence-corrected chi connectivity index (χ3v) is 7.34. The molecule has 0 radical (unpaired) electrons. The number of nitrogens with one attached hydrogen (secondary N) is 1. The van der Waals surface area contributed by atoms with Crippen LogP contribution in [0.1, 0.15) is 24.8 Å².